The molecule has 0 radical (unpaired) electrons. The first kappa shape index (κ1) is 10.4. The lowest BCUT2D eigenvalue weighted by atomic mass is 10.1. The van der Waals surface area contributed by atoms with Gasteiger partial charge in [-0.3, -0.25) is 10.1 Å². The van der Waals surface area contributed by atoms with Gasteiger partial charge in [0.1, 0.15) is 0 Å². The normalized spacial score (nSPS) is 27.1. The number of allylic oxidation sites excluding steroid dienone is 2. The average Bonchev–Trinajstić information content (AvgIpc) is 2.09. The first-order chi connectivity index (χ1) is 6.10. The molecule has 0 aromatic heterocycles. The Morgan fingerprint density at radius 2 is 2.54 bits per heavy atom. The fraction of sp³-hybridized carbons (Fsp3) is 0.500. The third-order valence-corrected chi connectivity index (χ3v) is 2.38. The van der Waals surface area contributed by atoms with Crippen molar-refractivity contribution in [1.82, 2.24) is 0 Å². The summed E-state index contributed by atoms with van der Waals surface area (Å²) < 4.78 is 5.98. The Bertz CT molecular complexity index is 275. The van der Waals surface area contributed by atoms with E-state index in [2.05, 4.69) is 15.9 Å². The van der Waals surface area contributed by atoms with Gasteiger partial charge < -0.3 is 4.74 Å². The molecule has 1 unspecified atom stereocenters. The molecule has 0 saturated carbocycles. The lowest BCUT2D eigenvalue weighted by Crippen LogP contribution is -2.39. The van der Waals surface area contributed by atoms with E-state index in [1.165, 1.54) is 6.08 Å². The smallest absolute Gasteiger partial charge is 0.311 e. The van der Waals surface area contributed by atoms with Crippen molar-refractivity contribution in [2.45, 2.75) is 19.1 Å². The zero-order valence-electron chi connectivity index (χ0n) is 7.20. The molecule has 0 spiro atoms. The van der Waals surface area contributed by atoms with E-state index >= 15 is 0 Å². The first-order valence-electron chi connectivity index (χ1n) is 3.94. The molecule has 0 aromatic carbocycles. The second kappa shape index (κ2) is 4.02. The molecule has 0 N–H and O–H groups in total. The maximum absolute atomic E-state index is 10.8. The predicted molar refractivity (Wildman–Crippen MR) is 52.1 cm³/mol. The summed E-state index contributed by atoms with van der Waals surface area (Å²) in [6.07, 6.45) is 5.12. The molecule has 0 aromatic rings. The molecule has 1 rings (SSSR count). The van der Waals surface area contributed by atoms with Gasteiger partial charge in [-0.15, -0.1) is 0 Å². The molecule has 0 aliphatic heterocycles. The summed E-state index contributed by atoms with van der Waals surface area (Å²) in [6.45, 7) is 2.07. The largest absolute Gasteiger partial charge is 0.348 e. The van der Waals surface area contributed by atoms with E-state index in [9.17, 15) is 10.1 Å². The van der Waals surface area contributed by atoms with Crippen molar-refractivity contribution in [3.63, 3.8) is 0 Å². The number of rotatable bonds is 3. The van der Waals surface area contributed by atoms with Crippen LogP contribution in [0.4, 0.5) is 0 Å². The van der Waals surface area contributed by atoms with E-state index < -0.39 is 10.6 Å². The fourth-order valence-corrected chi connectivity index (χ4v) is 1.43. The molecular formula is C8H10BrNO3. The highest BCUT2D eigenvalue weighted by atomic mass is 79.9. The fourth-order valence-electron chi connectivity index (χ4n) is 1.13. The van der Waals surface area contributed by atoms with Gasteiger partial charge in [-0.05, 0) is 13.0 Å². The van der Waals surface area contributed by atoms with Gasteiger partial charge in [0.15, 0.2) is 0 Å². The van der Waals surface area contributed by atoms with Crippen molar-refractivity contribution in [2.24, 2.45) is 0 Å². The van der Waals surface area contributed by atoms with Gasteiger partial charge in [0.05, 0.1) is 18.0 Å². The van der Waals surface area contributed by atoms with Crippen LogP contribution in [0.5, 0.6) is 0 Å². The Kier molecular flexibility index (Phi) is 3.22. The SMILES string of the molecule is CCOC1([N+](=O)[O-])C=CC(Br)=CC1. The minimum absolute atomic E-state index is 0.269. The summed E-state index contributed by atoms with van der Waals surface area (Å²) in [5.41, 5.74) is -1.36. The van der Waals surface area contributed by atoms with Crippen LogP contribution in [0.25, 0.3) is 0 Å². The zero-order valence-corrected chi connectivity index (χ0v) is 8.78. The van der Waals surface area contributed by atoms with Gasteiger partial charge in [-0.1, -0.05) is 22.0 Å². The summed E-state index contributed by atoms with van der Waals surface area (Å²) in [5, 5.41) is 10.8. The highest BCUT2D eigenvalue weighted by Gasteiger charge is 2.41. The summed E-state index contributed by atoms with van der Waals surface area (Å²) >= 11 is 3.24. The molecule has 0 heterocycles. The van der Waals surface area contributed by atoms with Gasteiger partial charge in [0.25, 0.3) is 0 Å². The van der Waals surface area contributed by atoms with E-state index in [0.717, 1.165) is 4.48 Å². The summed E-state index contributed by atoms with van der Waals surface area (Å²) in [5.74, 6) is 0. The van der Waals surface area contributed by atoms with Crippen molar-refractivity contribution in [2.75, 3.05) is 6.61 Å². The lowest BCUT2D eigenvalue weighted by molar-refractivity contribution is -0.612. The highest BCUT2D eigenvalue weighted by molar-refractivity contribution is 9.11. The third kappa shape index (κ3) is 2.16. The topological polar surface area (TPSA) is 52.4 Å². The molecule has 1 aliphatic carbocycles. The molecule has 4 nitrogen and oxygen atoms in total. The molecule has 0 saturated heterocycles. The van der Waals surface area contributed by atoms with Gasteiger partial charge in [0, 0.05) is 10.6 Å². The van der Waals surface area contributed by atoms with Crippen LogP contribution < -0.4 is 0 Å². The monoisotopic (exact) mass is 247 g/mol. The molecule has 72 valence electrons. The summed E-state index contributed by atoms with van der Waals surface area (Å²) in [4.78, 5) is 10.4. The number of hydrogen-bond acceptors (Lipinski definition) is 3. The quantitative estimate of drug-likeness (QED) is 0.437. The molecule has 1 aliphatic rings. The number of hydrogen-bond donors (Lipinski definition) is 0. The molecule has 13 heavy (non-hydrogen) atoms. The van der Waals surface area contributed by atoms with Gasteiger partial charge in [-0.25, -0.2) is 0 Å². The molecule has 0 bridgehead atoms. The van der Waals surface area contributed by atoms with E-state index in [-0.39, 0.29) is 6.42 Å². The number of halogens is 1. The van der Waals surface area contributed by atoms with E-state index in [1.54, 1.807) is 19.1 Å². The summed E-state index contributed by atoms with van der Waals surface area (Å²) in [7, 11) is 0. The Morgan fingerprint density at radius 1 is 1.85 bits per heavy atom. The maximum Gasteiger partial charge on any atom is 0.348 e. The average molecular weight is 248 g/mol. The standard InChI is InChI=1S/C8H10BrNO3/c1-2-13-8(10(11)12)5-3-7(9)4-6-8/h3-5H,2,6H2,1H3. The van der Waals surface area contributed by atoms with Crippen LogP contribution in [0.15, 0.2) is 22.7 Å². The Labute approximate surface area is 84.5 Å². The second-order valence-corrected chi connectivity index (χ2v) is 3.58. The molecule has 0 fully saturated rings. The van der Waals surface area contributed by atoms with Crippen LogP contribution in [0, 0.1) is 10.1 Å². The van der Waals surface area contributed by atoms with Crippen LogP contribution in [-0.2, 0) is 4.74 Å². The molecule has 5 heteroatoms. The zero-order chi connectivity index (χ0) is 9.90. The molecule has 0 amide bonds. The third-order valence-electron chi connectivity index (χ3n) is 1.80. The lowest BCUT2D eigenvalue weighted by Gasteiger charge is -2.22. The molecular weight excluding hydrogens is 238 g/mol. The minimum atomic E-state index is -1.36. The highest BCUT2D eigenvalue weighted by Crippen LogP contribution is 2.27. The number of ether oxygens (including phenoxy) is 1. The van der Waals surface area contributed by atoms with Crippen LogP contribution in [0.1, 0.15) is 13.3 Å². The first-order valence-corrected chi connectivity index (χ1v) is 4.73. The van der Waals surface area contributed by atoms with Crippen molar-refractivity contribution < 1.29 is 9.66 Å². The van der Waals surface area contributed by atoms with Gasteiger partial charge in [0.2, 0.25) is 0 Å². The van der Waals surface area contributed by atoms with Crippen molar-refractivity contribution >= 4 is 15.9 Å². The summed E-state index contributed by atoms with van der Waals surface area (Å²) in [6, 6.07) is 0. The maximum atomic E-state index is 10.8. The Morgan fingerprint density at radius 3 is 2.92 bits per heavy atom. The Hall–Kier alpha value is -0.680. The van der Waals surface area contributed by atoms with E-state index in [4.69, 9.17) is 4.74 Å². The second-order valence-electron chi connectivity index (χ2n) is 2.66. The van der Waals surface area contributed by atoms with E-state index in [1.807, 2.05) is 0 Å². The predicted octanol–water partition coefficient (Wildman–Crippen LogP) is 2.23. The Balaban J connectivity index is 2.84. The van der Waals surface area contributed by atoms with Crippen LogP contribution >= 0.6 is 15.9 Å². The van der Waals surface area contributed by atoms with Gasteiger partial charge in [-0.2, -0.15) is 0 Å². The van der Waals surface area contributed by atoms with Crippen molar-refractivity contribution in [1.29, 1.82) is 0 Å². The minimum Gasteiger partial charge on any atom is -0.311 e. The number of nitro groups is 1. The van der Waals surface area contributed by atoms with Crippen molar-refractivity contribution in [3.8, 4) is 0 Å². The van der Waals surface area contributed by atoms with Crippen molar-refractivity contribution in [3.05, 3.63) is 32.8 Å². The van der Waals surface area contributed by atoms with Crippen LogP contribution in [0.2, 0.25) is 0 Å². The van der Waals surface area contributed by atoms with E-state index in [0.29, 0.717) is 6.61 Å². The molecule has 1 atom stereocenters. The van der Waals surface area contributed by atoms with Crippen LogP contribution in [0.3, 0.4) is 0 Å². The van der Waals surface area contributed by atoms with Crippen LogP contribution in [-0.4, -0.2) is 17.3 Å². The van der Waals surface area contributed by atoms with Gasteiger partial charge >= 0.3 is 5.72 Å². The number of nitrogens with zero attached hydrogens (tertiary/aromatic N) is 1.